The van der Waals surface area contributed by atoms with Crippen LogP contribution in [-0.4, -0.2) is 16.6 Å². The number of esters is 1. The van der Waals surface area contributed by atoms with E-state index >= 15 is 0 Å². The summed E-state index contributed by atoms with van der Waals surface area (Å²) in [5.41, 5.74) is 6.31. The molecular weight excluding hydrogens is 236 g/mol. The Kier molecular flexibility index (Phi) is 2.79. The van der Waals surface area contributed by atoms with Gasteiger partial charge in [0.15, 0.2) is 0 Å². The van der Waals surface area contributed by atoms with Crippen molar-refractivity contribution in [2.45, 2.75) is 26.4 Å². The molecule has 0 aliphatic heterocycles. The first-order valence-electron chi connectivity index (χ1n) is 5.25. The van der Waals surface area contributed by atoms with Crippen molar-refractivity contribution in [1.29, 1.82) is 0 Å². The van der Waals surface area contributed by atoms with Gasteiger partial charge in [0.25, 0.3) is 0 Å². The van der Waals surface area contributed by atoms with Gasteiger partial charge in [-0.15, -0.1) is 11.3 Å². The second-order valence-corrected chi connectivity index (χ2v) is 5.78. The normalized spacial score (nSPS) is 11.7. The average molecular weight is 250 g/mol. The van der Waals surface area contributed by atoms with Crippen LogP contribution in [0.15, 0.2) is 18.3 Å². The molecule has 0 spiro atoms. The summed E-state index contributed by atoms with van der Waals surface area (Å²) in [5.74, 6) is -0.417. The van der Waals surface area contributed by atoms with Gasteiger partial charge >= 0.3 is 5.97 Å². The van der Waals surface area contributed by atoms with Crippen molar-refractivity contribution in [3.63, 3.8) is 0 Å². The largest absolute Gasteiger partial charge is 0.456 e. The minimum atomic E-state index is -0.535. The van der Waals surface area contributed by atoms with Crippen LogP contribution in [0, 0.1) is 0 Å². The van der Waals surface area contributed by atoms with Gasteiger partial charge in [0, 0.05) is 6.20 Å². The number of carbonyl (C=O) groups excluding carboxylic acids is 1. The highest BCUT2D eigenvalue weighted by Crippen LogP contribution is 2.33. The second kappa shape index (κ2) is 4.00. The van der Waals surface area contributed by atoms with Crippen molar-refractivity contribution < 1.29 is 9.53 Å². The maximum Gasteiger partial charge on any atom is 0.343 e. The van der Waals surface area contributed by atoms with Crippen LogP contribution in [-0.2, 0) is 4.74 Å². The van der Waals surface area contributed by atoms with Crippen LogP contribution in [0.3, 0.4) is 0 Å². The molecule has 0 radical (unpaired) electrons. The first kappa shape index (κ1) is 11.9. The standard InChI is InChI=1S/C12H14N2O2S/c1-12(2,3)16-11(15)8-9-7(17-10(8)13)5-4-6-14-9/h4-6H,13H2,1-3H3. The van der Waals surface area contributed by atoms with Crippen LogP contribution < -0.4 is 5.73 Å². The molecule has 90 valence electrons. The van der Waals surface area contributed by atoms with E-state index in [0.29, 0.717) is 16.1 Å². The molecule has 0 saturated carbocycles. The topological polar surface area (TPSA) is 65.2 Å². The number of anilines is 1. The minimum Gasteiger partial charge on any atom is -0.456 e. The molecule has 0 aliphatic rings. The molecule has 2 aromatic rings. The minimum absolute atomic E-state index is 0.375. The van der Waals surface area contributed by atoms with Crippen LogP contribution in [0.5, 0.6) is 0 Å². The fourth-order valence-corrected chi connectivity index (χ4v) is 2.39. The number of ether oxygens (including phenoxy) is 1. The van der Waals surface area contributed by atoms with Crippen LogP contribution in [0.25, 0.3) is 10.2 Å². The Morgan fingerprint density at radius 1 is 1.47 bits per heavy atom. The zero-order chi connectivity index (χ0) is 12.6. The van der Waals surface area contributed by atoms with Crippen LogP contribution in [0.1, 0.15) is 31.1 Å². The molecule has 2 N–H and O–H groups in total. The zero-order valence-corrected chi connectivity index (χ0v) is 10.8. The average Bonchev–Trinajstić information content (AvgIpc) is 2.50. The van der Waals surface area contributed by atoms with E-state index in [1.54, 1.807) is 6.20 Å². The molecule has 17 heavy (non-hydrogen) atoms. The third kappa shape index (κ3) is 2.39. The van der Waals surface area contributed by atoms with Gasteiger partial charge in [0.1, 0.15) is 16.2 Å². The molecular formula is C12H14N2O2S. The van der Waals surface area contributed by atoms with Gasteiger partial charge in [-0.05, 0) is 32.9 Å². The number of thiophene rings is 1. The number of pyridine rings is 1. The lowest BCUT2D eigenvalue weighted by Crippen LogP contribution is -2.24. The number of hydrogen-bond donors (Lipinski definition) is 1. The summed E-state index contributed by atoms with van der Waals surface area (Å²) in [6, 6.07) is 3.70. The Bertz CT molecular complexity index is 569. The van der Waals surface area contributed by atoms with E-state index in [-0.39, 0.29) is 0 Å². The van der Waals surface area contributed by atoms with E-state index in [0.717, 1.165) is 4.70 Å². The maximum atomic E-state index is 12.0. The maximum absolute atomic E-state index is 12.0. The Morgan fingerprint density at radius 3 is 2.82 bits per heavy atom. The molecule has 0 bridgehead atoms. The van der Waals surface area contributed by atoms with Crippen LogP contribution in [0.4, 0.5) is 5.00 Å². The molecule has 4 nitrogen and oxygen atoms in total. The summed E-state index contributed by atoms with van der Waals surface area (Å²) in [4.78, 5) is 16.2. The molecule has 2 heterocycles. The van der Waals surface area contributed by atoms with Crippen molar-refractivity contribution in [1.82, 2.24) is 4.98 Å². The molecule has 0 fully saturated rings. The lowest BCUT2D eigenvalue weighted by atomic mass is 10.2. The molecule has 0 unspecified atom stereocenters. The summed E-state index contributed by atoms with van der Waals surface area (Å²) < 4.78 is 6.21. The Hall–Kier alpha value is -1.62. The quantitative estimate of drug-likeness (QED) is 0.790. The molecule has 5 heteroatoms. The Labute approximate surface area is 103 Å². The molecule has 2 aromatic heterocycles. The van der Waals surface area contributed by atoms with E-state index in [2.05, 4.69) is 4.98 Å². The second-order valence-electron chi connectivity index (χ2n) is 4.69. The Morgan fingerprint density at radius 2 is 2.18 bits per heavy atom. The summed E-state index contributed by atoms with van der Waals surface area (Å²) in [5, 5.41) is 0.452. The smallest absolute Gasteiger partial charge is 0.343 e. The number of aromatic nitrogens is 1. The van der Waals surface area contributed by atoms with Gasteiger partial charge in [-0.2, -0.15) is 0 Å². The van der Waals surface area contributed by atoms with Gasteiger partial charge in [-0.1, -0.05) is 0 Å². The number of nitrogen functional groups attached to an aromatic ring is 1. The molecule has 0 amide bonds. The van der Waals surface area contributed by atoms with Crippen LogP contribution in [0.2, 0.25) is 0 Å². The molecule has 0 aliphatic carbocycles. The van der Waals surface area contributed by atoms with E-state index < -0.39 is 11.6 Å². The van der Waals surface area contributed by atoms with Gasteiger partial charge in [-0.3, -0.25) is 4.98 Å². The molecule has 0 aromatic carbocycles. The summed E-state index contributed by atoms with van der Waals surface area (Å²) >= 11 is 1.35. The number of nitrogens with zero attached hydrogens (tertiary/aromatic N) is 1. The number of fused-ring (bicyclic) bond motifs is 1. The van der Waals surface area contributed by atoms with E-state index in [1.165, 1.54) is 11.3 Å². The third-order valence-corrected chi connectivity index (χ3v) is 3.05. The predicted octanol–water partition coefficient (Wildman–Crippen LogP) is 2.83. The fraction of sp³-hybridized carbons (Fsp3) is 0.333. The first-order valence-corrected chi connectivity index (χ1v) is 6.06. The highest BCUT2D eigenvalue weighted by Gasteiger charge is 2.24. The van der Waals surface area contributed by atoms with E-state index in [4.69, 9.17) is 10.5 Å². The van der Waals surface area contributed by atoms with Crippen molar-refractivity contribution in [3.8, 4) is 0 Å². The highest BCUT2D eigenvalue weighted by atomic mass is 32.1. The highest BCUT2D eigenvalue weighted by molar-refractivity contribution is 7.23. The SMILES string of the molecule is CC(C)(C)OC(=O)c1c(N)sc2cccnc12. The number of nitrogens with two attached hydrogens (primary N) is 1. The third-order valence-electron chi connectivity index (χ3n) is 2.08. The Balaban J connectivity index is 2.48. The molecule has 2 rings (SSSR count). The summed E-state index contributed by atoms with van der Waals surface area (Å²) in [6.45, 7) is 5.47. The number of hydrogen-bond acceptors (Lipinski definition) is 5. The number of carbonyl (C=O) groups is 1. The number of rotatable bonds is 1. The van der Waals surface area contributed by atoms with Crippen molar-refractivity contribution in [3.05, 3.63) is 23.9 Å². The van der Waals surface area contributed by atoms with Crippen molar-refractivity contribution in [2.75, 3.05) is 5.73 Å². The lowest BCUT2D eigenvalue weighted by Gasteiger charge is -2.19. The monoisotopic (exact) mass is 250 g/mol. The van der Waals surface area contributed by atoms with E-state index in [1.807, 2.05) is 32.9 Å². The van der Waals surface area contributed by atoms with Gasteiger partial charge in [0.05, 0.1) is 10.2 Å². The summed E-state index contributed by atoms with van der Waals surface area (Å²) in [6.07, 6.45) is 1.64. The van der Waals surface area contributed by atoms with Crippen molar-refractivity contribution >= 4 is 32.5 Å². The predicted molar refractivity (Wildman–Crippen MR) is 69.2 cm³/mol. The van der Waals surface area contributed by atoms with Crippen LogP contribution >= 0.6 is 11.3 Å². The zero-order valence-electron chi connectivity index (χ0n) is 9.98. The van der Waals surface area contributed by atoms with E-state index in [9.17, 15) is 4.79 Å². The molecule has 0 saturated heterocycles. The van der Waals surface area contributed by atoms with Gasteiger partial charge in [-0.25, -0.2) is 4.79 Å². The van der Waals surface area contributed by atoms with Gasteiger partial charge < -0.3 is 10.5 Å². The first-order chi connectivity index (χ1) is 7.88. The fourth-order valence-electron chi connectivity index (χ4n) is 1.47. The van der Waals surface area contributed by atoms with Crippen molar-refractivity contribution in [2.24, 2.45) is 0 Å². The lowest BCUT2D eigenvalue weighted by molar-refractivity contribution is 0.00733. The summed E-state index contributed by atoms with van der Waals surface area (Å²) in [7, 11) is 0. The molecule has 0 atom stereocenters. The van der Waals surface area contributed by atoms with Gasteiger partial charge in [0.2, 0.25) is 0 Å².